The molecule has 0 spiro atoms. The highest BCUT2D eigenvalue weighted by molar-refractivity contribution is 9.10. The van der Waals surface area contributed by atoms with Gasteiger partial charge in [-0.2, -0.15) is 5.10 Å². The Hall–Kier alpha value is -1.73. The molecule has 1 aromatic heterocycles. The van der Waals surface area contributed by atoms with Gasteiger partial charge in [-0.15, -0.1) is 0 Å². The summed E-state index contributed by atoms with van der Waals surface area (Å²) in [5, 5.41) is 4.25. The lowest BCUT2D eigenvalue weighted by Crippen LogP contribution is -2.54. The van der Waals surface area contributed by atoms with Crippen LogP contribution in [0.3, 0.4) is 0 Å². The van der Waals surface area contributed by atoms with Gasteiger partial charge in [0, 0.05) is 45.5 Å². The molecule has 5 nitrogen and oxygen atoms in total. The zero-order valence-corrected chi connectivity index (χ0v) is 16.0. The number of carbonyl (C=O) groups excluding carboxylic acids is 1. The minimum absolute atomic E-state index is 0.0301. The van der Waals surface area contributed by atoms with Crippen LogP contribution in [0.1, 0.15) is 23.0 Å². The summed E-state index contributed by atoms with van der Waals surface area (Å²) >= 11 is 3.40. The maximum absolute atomic E-state index is 13.0. The van der Waals surface area contributed by atoms with Gasteiger partial charge in [-0.1, -0.05) is 12.1 Å². The number of nitrogens with zero attached hydrogens (tertiary/aromatic N) is 4. The summed E-state index contributed by atoms with van der Waals surface area (Å²) in [6, 6.07) is 6.94. The molecule has 1 aliphatic heterocycles. The predicted octanol–water partition coefficient (Wildman–Crippen LogP) is 2.71. The molecule has 1 aliphatic rings. The third-order valence-corrected chi connectivity index (χ3v) is 5.22. The first kappa shape index (κ1) is 18.1. The molecule has 0 N–H and O–H groups in total. The van der Waals surface area contributed by atoms with E-state index < -0.39 is 0 Å². The number of halogens is 2. The van der Waals surface area contributed by atoms with E-state index in [-0.39, 0.29) is 17.8 Å². The summed E-state index contributed by atoms with van der Waals surface area (Å²) in [7, 11) is 1.80. The highest BCUT2D eigenvalue weighted by Crippen LogP contribution is 2.19. The van der Waals surface area contributed by atoms with E-state index in [2.05, 4.69) is 32.9 Å². The summed E-state index contributed by atoms with van der Waals surface area (Å²) in [5.41, 5.74) is 1.60. The van der Waals surface area contributed by atoms with Gasteiger partial charge in [-0.25, -0.2) is 4.39 Å². The van der Waals surface area contributed by atoms with Crippen LogP contribution in [0.4, 0.5) is 4.39 Å². The van der Waals surface area contributed by atoms with Crippen molar-refractivity contribution in [2.45, 2.75) is 19.4 Å². The Labute approximate surface area is 155 Å². The van der Waals surface area contributed by atoms with Crippen molar-refractivity contribution in [3.8, 4) is 0 Å². The normalized spacial score (nSPS) is 18.6. The van der Waals surface area contributed by atoms with Crippen LogP contribution < -0.4 is 0 Å². The van der Waals surface area contributed by atoms with Crippen LogP contribution in [0.15, 0.2) is 34.9 Å². The van der Waals surface area contributed by atoms with Crippen molar-refractivity contribution in [3.05, 3.63) is 52.0 Å². The van der Waals surface area contributed by atoms with E-state index in [1.165, 1.54) is 12.1 Å². The number of rotatable bonds is 4. The van der Waals surface area contributed by atoms with E-state index in [1.54, 1.807) is 17.9 Å². The third kappa shape index (κ3) is 4.27. The monoisotopic (exact) mass is 408 g/mol. The molecule has 1 saturated heterocycles. The molecular formula is C18H22BrFN4O. The van der Waals surface area contributed by atoms with E-state index in [4.69, 9.17) is 0 Å². The Morgan fingerprint density at radius 1 is 1.32 bits per heavy atom. The first-order valence-electron chi connectivity index (χ1n) is 8.41. The molecule has 0 saturated carbocycles. The van der Waals surface area contributed by atoms with Gasteiger partial charge in [-0.3, -0.25) is 14.4 Å². The minimum Gasteiger partial charge on any atom is -0.334 e. The summed E-state index contributed by atoms with van der Waals surface area (Å²) in [6.45, 7) is 5.25. The molecule has 1 fully saturated rings. The Morgan fingerprint density at radius 3 is 2.64 bits per heavy atom. The Balaban J connectivity index is 1.56. The average Bonchev–Trinajstić information content (AvgIpc) is 2.93. The Bertz CT molecular complexity index is 746. The van der Waals surface area contributed by atoms with Gasteiger partial charge in [-0.05, 0) is 47.0 Å². The lowest BCUT2D eigenvalue weighted by Gasteiger charge is -2.39. The molecule has 0 aliphatic carbocycles. The average molecular weight is 409 g/mol. The number of piperazine rings is 1. The van der Waals surface area contributed by atoms with Gasteiger partial charge >= 0.3 is 0 Å². The molecule has 1 atom stereocenters. The number of aromatic nitrogens is 2. The minimum atomic E-state index is -0.204. The van der Waals surface area contributed by atoms with Gasteiger partial charge in [0.2, 0.25) is 0 Å². The zero-order valence-electron chi connectivity index (χ0n) is 14.5. The Morgan fingerprint density at radius 2 is 2.04 bits per heavy atom. The number of hydrogen-bond acceptors (Lipinski definition) is 3. The Kier molecular flexibility index (Phi) is 5.54. The predicted molar refractivity (Wildman–Crippen MR) is 98.0 cm³/mol. The van der Waals surface area contributed by atoms with Gasteiger partial charge in [0.15, 0.2) is 5.69 Å². The van der Waals surface area contributed by atoms with Crippen molar-refractivity contribution >= 4 is 21.8 Å². The van der Waals surface area contributed by atoms with Crippen molar-refractivity contribution in [2.24, 2.45) is 7.05 Å². The number of benzene rings is 1. The second-order valence-electron chi connectivity index (χ2n) is 6.51. The highest BCUT2D eigenvalue weighted by atomic mass is 79.9. The summed E-state index contributed by atoms with van der Waals surface area (Å²) in [5.74, 6) is -0.234. The quantitative estimate of drug-likeness (QED) is 0.780. The molecular weight excluding hydrogens is 387 g/mol. The molecule has 7 heteroatoms. The van der Waals surface area contributed by atoms with Crippen LogP contribution >= 0.6 is 15.9 Å². The lowest BCUT2D eigenvalue weighted by atomic mass is 10.1. The molecule has 1 unspecified atom stereocenters. The van der Waals surface area contributed by atoms with Crippen LogP contribution in [0.2, 0.25) is 0 Å². The molecule has 3 rings (SSSR count). The van der Waals surface area contributed by atoms with Crippen molar-refractivity contribution in [1.82, 2.24) is 19.6 Å². The highest BCUT2D eigenvalue weighted by Gasteiger charge is 2.29. The van der Waals surface area contributed by atoms with Crippen molar-refractivity contribution < 1.29 is 9.18 Å². The fourth-order valence-corrected chi connectivity index (χ4v) is 3.74. The van der Waals surface area contributed by atoms with Gasteiger partial charge in [0.25, 0.3) is 5.91 Å². The maximum Gasteiger partial charge on any atom is 0.275 e. The van der Waals surface area contributed by atoms with Crippen LogP contribution in [-0.4, -0.2) is 57.7 Å². The lowest BCUT2D eigenvalue weighted by molar-refractivity contribution is 0.0511. The van der Waals surface area contributed by atoms with E-state index in [0.717, 1.165) is 29.5 Å². The molecule has 1 aromatic carbocycles. The van der Waals surface area contributed by atoms with Crippen LogP contribution in [0.25, 0.3) is 0 Å². The smallest absolute Gasteiger partial charge is 0.275 e. The second-order valence-corrected chi connectivity index (χ2v) is 7.37. The molecule has 2 aromatic rings. The molecule has 2 heterocycles. The number of hydrogen-bond donors (Lipinski definition) is 0. The molecule has 25 heavy (non-hydrogen) atoms. The number of aryl methyl sites for hydroxylation is 1. The maximum atomic E-state index is 13.0. The summed E-state index contributed by atoms with van der Waals surface area (Å²) < 4.78 is 15.3. The molecule has 1 amide bonds. The van der Waals surface area contributed by atoms with E-state index in [0.29, 0.717) is 18.8 Å². The fourth-order valence-electron chi connectivity index (χ4n) is 3.19. The standard InChI is InChI=1S/C18H22BrFN4O/c1-13-11-24(18(25)17-16(19)12-22(2)21-17)10-9-23(13)8-7-14-3-5-15(20)6-4-14/h3-6,12-13H,7-11H2,1-2H3. The fraction of sp³-hybridized carbons (Fsp3) is 0.444. The molecule has 0 bridgehead atoms. The summed E-state index contributed by atoms with van der Waals surface area (Å²) in [6.07, 6.45) is 2.67. The SMILES string of the molecule is CC1CN(C(=O)c2nn(C)cc2Br)CCN1CCc1ccc(F)cc1. The van der Waals surface area contributed by atoms with E-state index in [1.807, 2.05) is 17.0 Å². The number of amides is 1. The third-order valence-electron chi connectivity index (χ3n) is 4.64. The van der Waals surface area contributed by atoms with Crippen molar-refractivity contribution in [2.75, 3.05) is 26.2 Å². The first-order chi connectivity index (χ1) is 11.9. The molecule has 0 radical (unpaired) electrons. The van der Waals surface area contributed by atoms with E-state index in [9.17, 15) is 9.18 Å². The largest absolute Gasteiger partial charge is 0.334 e. The summed E-state index contributed by atoms with van der Waals surface area (Å²) in [4.78, 5) is 16.9. The number of carbonyl (C=O) groups is 1. The van der Waals surface area contributed by atoms with Crippen LogP contribution in [-0.2, 0) is 13.5 Å². The first-order valence-corrected chi connectivity index (χ1v) is 9.20. The van der Waals surface area contributed by atoms with Crippen LogP contribution in [0, 0.1) is 5.82 Å². The van der Waals surface area contributed by atoms with Crippen molar-refractivity contribution in [3.63, 3.8) is 0 Å². The van der Waals surface area contributed by atoms with Gasteiger partial charge < -0.3 is 4.90 Å². The van der Waals surface area contributed by atoms with Gasteiger partial charge in [0.05, 0.1) is 4.47 Å². The van der Waals surface area contributed by atoms with Crippen LogP contribution in [0.5, 0.6) is 0 Å². The topological polar surface area (TPSA) is 41.4 Å². The van der Waals surface area contributed by atoms with E-state index >= 15 is 0 Å². The van der Waals surface area contributed by atoms with Crippen molar-refractivity contribution in [1.29, 1.82) is 0 Å². The zero-order chi connectivity index (χ0) is 18.0. The molecule has 134 valence electrons. The second kappa shape index (κ2) is 7.66. The van der Waals surface area contributed by atoms with Gasteiger partial charge in [0.1, 0.15) is 5.82 Å².